The first-order valence-electron chi connectivity index (χ1n) is 8.73. The van der Waals surface area contributed by atoms with Crippen LogP contribution in [0.15, 0.2) is 15.5 Å². The summed E-state index contributed by atoms with van der Waals surface area (Å²) in [6.07, 6.45) is 2.56. The van der Waals surface area contributed by atoms with Crippen molar-refractivity contribution in [1.82, 2.24) is 14.5 Å². The van der Waals surface area contributed by atoms with Gasteiger partial charge in [-0.3, -0.25) is 9.36 Å². The summed E-state index contributed by atoms with van der Waals surface area (Å²) >= 11 is 3.41. The maximum absolute atomic E-state index is 12.9. The summed E-state index contributed by atoms with van der Waals surface area (Å²) in [6.45, 7) is 3.88. The molecule has 4 heterocycles. The fraction of sp³-hybridized carbons (Fsp3) is 0.588. The number of halogens is 1. The number of aliphatic hydroxyl groups is 1. The summed E-state index contributed by atoms with van der Waals surface area (Å²) in [4.78, 5) is 21.9. The van der Waals surface area contributed by atoms with Gasteiger partial charge in [0.05, 0.1) is 35.9 Å². The minimum Gasteiger partial charge on any atom is -0.389 e. The van der Waals surface area contributed by atoms with E-state index < -0.39 is 6.10 Å². The summed E-state index contributed by atoms with van der Waals surface area (Å²) in [5, 5.41) is 14.1. The van der Waals surface area contributed by atoms with Crippen molar-refractivity contribution >= 4 is 32.9 Å². The summed E-state index contributed by atoms with van der Waals surface area (Å²) in [5.74, 6) is 0.400. The maximum Gasteiger partial charge on any atom is 0.267 e. The van der Waals surface area contributed by atoms with Gasteiger partial charge in [0, 0.05) is 24.8 Å². The van der Waals surface area contributed by atoms with E-state index >= 15 is 0 Å². The van der Waals surface area contributed by atoms with E-state index in [0.717, 1.165) is 17.4 Å². The molecule has 8 nitrogen and oxygen atoms in total. The van der Waals surface area contributed by atoms with Crippen molar-refractivity contribution in [3.05, 3.63) is 26.6 Å². The zero-order valence-electron chi connectivity index (χ0n) is 14.4. The lowest BCUT2D eigenvalue weighted by atomic mass is 10.1. The van der Waals surface area contributed by atoms with Gasteiger partial charge in [-0.05, 0) is 41.3 Å². The van der Waals surface area contributed by atoms with Gasteiger partial charge in [0.1, 0.15) is 5.65 Å². The Balaban J connectivity index is 1.79. The van der Waals surface area contributed by atoms with Crippen molar-refractivity contribution in [2.24, 2.45) is 0 Å². The highest BCUT2D eigenvalue weighted by Gasteiger charge is 2.26. The SMILES string of the molecule is Cc1c(Br)c(=O)n([C@H]2CCOC2)c2nc(N[C@@H]3CCOC[C@H]3O)ncc12. The molecule has 0 radical (unpaired) electrons. The molecule has 2 aliphatic rings. The lowest BCUT2D eigenvalue weighted by molar-refractivity contribution is -0.0136. The van der Waals surface area contributed by atoms with Crippen LogP contribution in [-0.2, 0) is 9.47 Å². The van der Waals surface area contributed by atoms with Crippen LogP contribution in [0.25, 0.3) is 11.0 Å². The van der Waals surface area contributed by atoms with Crippen LogP contribution < -0.4 is 10.9 Å². The molecule has 0 aromatic carbocycles. The van der Waals surface area contributed by atoms with E-state index in [1.807, 2.05) is 6.92 Å². The first-order valence-corrected chi connectivity index (χ1v) is 9.53. The van der Waals surface area contributed by atoms with Crippen molar-refractivity contribution in [2.45, 2.75) is 38.0 Å². The standard InChI is InChI=1S/C17H21BrN4O4/c1-9-11-6-19-17(20-12-3-5-26-8-13(12)23)21-15(11)22(16(24)14(9)18)10-2-4-25-7-10/h6,10,12-13,23H,2-5,7-8H2,1H3,(H,19,20,21)/t10-,12+,13+/m0/s1. The summed E-state index contributed by atoms with van der Waals surface area (Å²) < 4.78 is 13.0. The topological polar surface area (TPSA) is 98.5 Å². The van der Waals surface area contributed by atoms with Gasteiger partial charge in [-0.15, -0.1) is 0 Å². The Bertz CT molecular complexity index is 881. The minimum absolute atomic E-state index is 0.0432. The molecule has 0 amide bonds. The van der Waals surface area contributed by atoms with Crippen LogP contribution in [0.4, 0.5) is 5.95 Å². The first-order chi connectivity index (χ1) is 12.6. The molecule has 2 N–H and O–H groups in total. The number of fused-ring (bicyclic) bond motifs is 1. The third-order valence-corrected chi connectivity index (χ3v) is 5.98. The first kappa shape index (κ1) is 17.8. The Labute approximate surface area is 158 Å². The fourth-order valence-corrected chi connectivity index (χ4v) is 3.90. The molecule has 2 fully saturated rings. The molecule has 2 saturated heterocycles. The highest BCUT2D eigenvalue weighted by atomic mass is 79.9. The van der Waals surface area contributed by atoms with Gasteiger partial charge in [0.25, 0.3) is 5.56 Å². The molecule has 2 aromatic heterocycles. The zero-order chi connectivity index (χ0) is 18.3. The van der Waals surface area contributed by atoms with Gasteiger partial charge < -0.3 is 19.9 Å². The average Bonchev–Trinajstić information content (AvgIpc) is 3.16. The molecule has 4 rings (SSSR count). The van der Waals surface area contributed by atoms with Crippen LogP contribution >= 0.6 is 15.9 Å². The number of rotatable bonds is 3. The lowest BCUT2D eigenvalue weighted by Crippen LogP contribution is -2.42. The summed E-state index contributed by atoms with van der Waals surface area (Å²) in [7, 11) is 0. The zero-order valence-corrected chi connectivity index (χ0v) is 16.0. The van der Waals surface area contributed by atoms with Crippen LogP contribution in [-0.4, -0.2) is 58.2 Å². The van der Waals surface area contributed by atoms with E-state index in [2.05, 4.69) is 31.2 Å². The molecule has 140 valence electrons. The van der Waals surface area contributed by atoms with E-state index in [9.17, 15) is 9.90 Å². The van der Waals surface area contributed by atoms with Gasteiger partial charge in [0.15, 0.2) is 0 Å². The van der Waals surface area contributed by atoms with E-state index in [4.69, 9.17) is 9.47 Å². The number of aromatic nitrogens is 3. The third kappa shape index (κ3) is 3.13. The molecule has 2 aliphatic heterocycles. The predicted molar refractivity (Wildman–Crippen MR) is 99.6 cm³/mol. The average molecular weight is 425 g/mol. The molecular formula is C17H21BrN4O4. The second kappa shape index (κ2) is 7.22. The lowest BCUT2D eigenvalue weighted by Gasteiger charge is -2.28. The molecule has 0 spiro atoms. The summed E-state index contributed by atoms with van der Waals surface area (Å²) in [6, 6.07) is -0.217. The number of hydrogen-bond acceptors (Lipinski definition) is 7. The number of anilines is 1. The third-order valence-electron chi connectivity index (χ3n) is 5.05. The quantitative estimate of drug-likeness (QED) is 0.767. The predicted octanol–water partition coefficient (Wildman–Crippen LogP) is 1.39. The van der Waals surface area contributed by atoms with Crippen LogP contribution in [0.5, 0.6) is 0 Å². The normalized spacial score (nSPS) is 26.3. The maximum atomic E-state index is 12.9. The largest absolute Gasteiger partial charge is 0.389 e. The van der Waals surface area contributed by atoms with Gasteiger partial charge in [-0.25, -0.2) is 4.98 Å². The van der Waals surface area contributed by atoms with Gasteiger partial charge in [-0.2, -0.15) is 4.98 Å². The fourth-order valence-electron chi connectivity index (χ4n) is 3.49. The molecule has 3 atom stereocenters. The number of nitrogens with zero attached hydrogens (tertiary/aromatic N) is 3. The highest BCUT2D eigenvalue weighted by Crippen LogP contribution is 2.27. The van der Waals surface area contributed by atoms with Crippen molar-refractivity contribution in [2.75, 3.05) is 31.7 Å². The second-order valence-electron chi connectivity index (χ2n) is 6.74. The molecule has 0 unspecified atom stereocenters. The number of ether oxygens (including phenoxy) is 2. The van der Waals surface area contributed by atoms with E-state index in [1.54, 1.807) is 10.8 Å². The molecule has 9 heteroatoms. The van der Waals surface area contributed by atoms with Crippen molar-refractivity contribution in [3.8, 4) is 0 Å². The van der Waals surface area contributed by atoms with Crippen molar-refractivity contribution in [3.63, 3.8) is 0 Å². The van der Waals surface area contributed by atoms with E-state index in [1.165, 1.54) is 0 Å². The Hall–Kier alpha value is -1.55. The van der Waals surface area contributed by atoms with Crippen molar-refractivity contribution < 1.29 is 14.6 Å². The van der Waals surface area contributed by atoms with Crippen LogP contribution in [0, 0.1) is 6.92 Å². The van der Waals surface area contributed by atoms with Gasteiger partial charge >= 0.3 is 0 Å². The van der Waals surface area contributed by atoms with Crippen LogP contribution in [0.3, 0.4) is 0 Å². The number of pyridine rings is 1. The molecule has 0 saturated carbocycles. The number of nitrogens with one attached hydrogen (secondary N) is 1. The smallest absolute Gasteiger partial charge is 0.267 e. The Morgan fingerprint density at radius 1 is 1.31 bits per heavy atom. The minimum atomic E-state index is -0.611. The Morgan fingerprint density at radius 2 is 2.08 bits per heavy atom. The van der Waals surface area contributed by atoms with E-state index in [-0.39, 0.29) is 17.6 Å². The number of aryl methyl sites for hydroxylation is 1. The molecule has 2 aromatic rings. The highest BCUT2D eigenvalue weighted by molar-refractivity contribution is 9.10. The van der Waals surface area contributed by atoms with E-state index in [0.29, 0.717) is 48.9 Å². The number of aliphatic hydroxyl groups excluding tert-OH is 1. The Kier molecular flexibility index (Phi) is 4.96. The number of hydrogen-bond donors (Lipinski definition) is 2. The molecule has 0 bridgehead atoms. The van der Waals surface area contributed by atoms with Gasteiger partial charge in [-0.1, -0.05) is 0 Å². The molecule has 26 heavy (non-hydrogen) atoms. The monoisotopic (exact) mass is 424 g/mol. The second-order valence-corrected chi connectivity index (χ2v) is 7.54. The molecular weight excluding hydrogens is 404 g/mol. The van der Waals surface area contributed by atoms with Gasteiger partial charge in [0.2, 0.25) is 5.95 Å². The van der Waals surface area contributed by atoms with Crippen LogP contribution in [0.2, 0.25) is 0 Å². The van der Waals surface area contributed by atoms with Crippen LogP contribution in [0.1, 0.15) is 24.4 Å². The Morgan fingerprint density at radius 3 is 2.81 bits per heavy atom. The molecule has 0 aliphatic carbocycles. The van der Waals surface area contributed by atoms with Crippen molar-refractivity contribution in [1.29, 1.82) is 0 Å². The summed E-state index contributed by atoms with van der Waals surface area (Å²) in [5.41, 5.74) is 1.30.